The molecule has 23 heavy (non-hydrogen) atoms. The molecule has 2 fully saturated rings. The maximum Gasteiger partial charge on any atom is 0.408 e. The van der Waals surface area contributed by atoms with Crippen molar-refractivity contribution in [3.63, 3.8) is 0 Å². The quantitative estimate of drug-likeness (QED) is 0.896. The molecule has 2 heterocycles. The van der Waals surface area contributed by atoms with E-state index in [1.54, 1.807) is 0 Å². The van der Waals surface area contributed by atoms with Gasteiger partial charge in [-0.15, -0.1) is 0 Å². The van der Waals surface area contributed by atoms with Crippen LogP contribution in [0.3, 0.4) is 0 Å². The minimum absolute atomic E-state index is 0.0315. The zero-order valence-electron chi connectivity index (χ0n) is 14.4. The first-order valence-corrected chi connectivity index (χ1v) is 8.27. The van der Waals surface area contributed by atoms with E-state index in [0.717, 1.165) is 23.5 Å². The fourth-order valence-corrected chi connectivity index (χ4v) is 2.43. The summed E-state index contributed by atoms with van der Waals surface area (Å²) in [7, 11) is 0. The van der Waals surface area contributed by atoms with Crippen molar-refractivity contribution in [2.45, 2.75) is 52.6 Å². The van der Waals surface area contributed by atoms with Gasteiger partial charge in [-0.2, -0.15) is 0 Å². The van der Waals surface area contributed by atoms with Crippen LogP contribution in [0.1, 0.15) is 57.6 Å². The smallest absolute Gasteiger partial charge is 0.408 e. The summed E-state index contributed by atoms with van der Waals surface area (Å²) < 4.78 is 16.4. The molecule has 5 heteroatoms. The van der Waals surface area contributed by atoms with E-state index in [2.05, 4.69) is 26.1 Å². The number of amides is 1. The van der Waals surface area contributed by atoms with Crippen LogP contribution in [-0.2, 0) is 14.2 Å². The Morgan fingerprint density at radius 3 is 2.30 bits per heavy atom. The van der Waals surface area contributed by atoms with Gasteiger partial charge in [0.05, 0.1) is 19.3 Å². The monoisotopic (exact) mass is 321 g/mol. The highest BCUT2D eigenvalue weighted by Crippen LogP contribution is 2.30. The molecule has 5 nitrogen and oxygen atoms in total. The van der Waals surface area contributed by atoms with Gasteiger partial charge in [0.2, 0.25) is 0 Å². The fraction of sp³-hybridized carbons (Fsp3) is 0.611. The Morgan fingerprint density at radius 1 is 1.13 bits per heavy atom. The van der Waals surface area contributed by atoms with E-state index in [1.165, 1.54) is 0 Å². The van der Waals surface area contributed by atoms with Gasteiger partial charge in [0.15, 0.2) is 6.29 Å². The summed E-state index contributed by atoms with van der Waals surface area (Å²) in [6, 6.07) is 7.81. The van der Waals surface area contributed by atoms with Gasteiger partial charge in [-0.3, -0.25) is 0 Å². The first kappa shape index (κ1) is 17.8. The molecule has 0 saturated carbocycles. The van der Waals surface area contributed by atoms with Crippen molar-refractivity contribution in [2.24, 2.45) is 5.92 Å². The van der Waals surface area contributed by atoms with Crippen molar-refractivity contribution in [2.75, 3.05) is 13.2 Å². The van der Waals surface area contributed by atoms with Crippen LogP contribution in [0.4, 0.5) is 4.79 Å². The summed E-state index contributed by atoms with van der Waals surface area (Å²) >= 11 is 0. The molecule has 0 spiro atoms. The molecule has 0 radical (unpaired) electrons. The lowest BCUT2D eigenvalue weighted by Crippen LogP contribution is -2.24. The van der Waals surface area contributed by atoms with Gasteiger partial charge in [0.1, 0.15) is 6.10 Å². The normalized spacial score (nSPS) is 24.7. The molecular formula is C18H27NO4. The number of nitrogens with one attached hydrogen (secondary N) is 1. The van der Waals surface area contributed by atoms with Crippen molar-refractivity contribution < 1.29 is 19.0 Å². The highest BCUT2D eigenvalue weighted by Gasteiger charge is 2.32. The van der Waals surface area contributed by atoms with Gasteiger partial charge in [0, 0.05) is 5.56 Å². The Labute approximate surface area is 138 Å². The Balaban J connectivity index is 0.000000433. The highest BCUT2D eigenvalue weighted by molar-refractivity contribution is 5.70. The third-order valence-electron chi connectivity index (χ3n) is 3.37. The summed E-state index contributed by atoms with van der Waals surface area (Å²) in [6.45, 7) is 9.85. The maximum atomic E-state index is 11.2. The first-order chi connectivity index (χ1) is 11.0. The average Bonchev–Trinajstić information content (AvgIpc) is 2.86. The SMILES string of the molecule is CC(C)C.C[C@@H]1NC(=O)O[C@@H]1c1cccc(C2OCCCO2)c1. The third-order valence-corrected chi connectivity index (χ3v) is 3.37. The lowest BCUT2D eigenvalue weighted by molar-refractivity contribution is -0.183. The van der Waals surface area contributed by atoms with Crippen molar-refractivity contribution >= 4 is 6.09 Å². The number of carbonyl (C=O) groups is 1. The summed E-state index contributed by atoms with van der Waals surface area (Å²) in [5, 5.41) is 2.74. The second-order valence-corrected chi connectivity index (χ2v) is 6.59. The molecular weight excluding hydrogens is 294 g/mol. The highest BCUT2D eigenvalue weighted by atomic mass is 16.7. The molecule has 128 valence electrons. The van der Waals surface area contributed by atoms with E-state index in [0.29, 0.717) is 13.2 Å². The average molecular weight is 321 g/mol. The second kappa shape index (κ2) is 8.31. The number of carbonyl (C=O) groups excluding carboxylic acids is 1. The number of cyclic esters (lactones) is 1. The van der Waals surface area contributed by atoms with Crippen LogP contribution >= 0.6 is 0 Å². The number of alkyl carbamates (subject to hydrolysis) is 1. The molecule has 0 aliphatic carbocycles. The molecule has 0 aromatic heterocycles. The van der Waals surface area contributed by atoms with Gasteiger partial charge in [-0.25, -0.2) is 4.79 Å². The minimum atomic E-state index is -0.368. The summed E-state index contributed by atoms with van der Waals surface area (Å²) in [4.78, 5) is 11.2. The molecule has 1 N–H and O–H groups in total. The molecule has 2 aliphatic rings. The van der Waals surface area contributed by atoms with Crippen molar-refractivity contribution in [3.05, 3.63) is 35.4 Å². The Kier molecular flexibility index (Phi) is 6.42. The van der Waals surface area contributed by atoms with E-state index in [-0.39, 0.29) is 24.5 Å². The molecule has 2 aliphatic heterocycles. The lowest BCUT2D eigenvalue weighted by Gasteiger charge is -2.24. The molecule has 1 aromatic rings. The number of rotatable bonds is 2. The number of hydrogen-bond acceptors (Lipinski definition) is 4. The Bertz CT molecular complexity index is 509. The third kappa shape index (κ3) is 5.22. The molecule has 1 amide bonds. The zero-order chi connectivity index (χ0) is 16.8. The first-order valence-electron chi connectivity index (χ1n) is 8.27. The number of benzene rings is 1. The van der Waals surface area contributed by atoms with Crippen LogP contribution in [0.5, 0.6) is 0 Å². The van der Waals surface area contributed by atoms with Crippen LogP contribution in [-0.4, -0.2) is 25.3 Å². The van der Waals surface area contributed by atoms with E-state index in [9.17, 15) is 4.79 Å². The fourth-order valence-electron chi connectivity index (χ4n) is 2.43. The molecule has 2 saturated heterocycles. The maximum absolute atomic E-state index is 11.2. The van der Waals surface area contributed by atoms with E-state index in [1.807, 2.05) is 31.2 Å². The van der Waals surface area contributed by atoms with Gasteiger partial charge in [0.25, 0.3) is 0 Å². The standard InChI is InChI=1S/C14H17NO4.C4H10/c1-9-12(19-14(16)15-9)10-4-2-5-11(8-10)13-17-6-3-7-18-13;1-4(2)3/h2,4-5,8-9,12-13H,3,6-7H2,1H3,(H,15,16);4H,1-3H3/t9-,12-;/m0./s1. The van der Waals surface area contributed by atoms with Crippen molar-refractivity contribution in [3.8, 4) is 0 Å². The van der Waals surface area contributed by atoms with Gasteiger partial charge >= 0.3 is 6.09 Å². The predicted molar refractivity (Wildman–Crippen MR) is 88.0 cm³/mol. The van der Waals surface area contributed by atoms with E-state index in [4.69, 9.17) is 14.2 Å². The number of hydrogen-bond donors (Lipinski definition) is 1. The topological polar surface area (TPSA) is 56.8 Å². The molecule has 1 aromatic carbocycles. The summed E-state index contributed by atoms with van der Waals surface area (Å²) in [5.41, 5.74) is 1.92. The van der Waals surface area contributed by atoms with Crippen molar-refractivity contribution in [1.29, 1.82) is 0 Å². The van der Waals surface area contributed by atoms with Gasteiger partial charge in [-0.1, -0.05) is 39.0 Å². The van der Waals surface area contributed by atoms with Crippen LogP contribution in [0, 0.1) is 5.92 Å². The largest absolute Gasteiger partial charge is 0.439 e. The molecule has 3 rings (SSSR count). The molecule has 2 atom stereocenters. The molecule has 0 bridgehead atoms. The molecule has 0 unspecified atom stereocenters. The Hall–Kier alpha value is -1.59. The van der Waals surface area contributed by atoms with Crippen LogP contribution in [0.25, 0.3) is 0 Å². The van der Waals surface area contributed by atoms with Crippen LogP contribution in [0.15, 0.2) is 24.3 Å². The minimum Gasteiger partial charge on any atom is -0.439 e. The van der Waals surface area contributed by atoms with Crippen molar-refractivity contribution in [1.82, 2.24) is 5.32 Å². The Morgan fingerprint density at radius 2 is 1.74 bits per heavy atom. The van der Waals surface area contributed by atoms with Crippen LogP contribution < -0.4 is 5.32 Å². The second-order valence-electron chi connectivity index (χ2n) is 6.59. The predicted octanol–water partition coefficient (Wildman–Crippen LogP) is 3.95. The summed E-state index contributed by atoms with van der Waals surface area (Å²) in [5.74, 6) is 0.833. The zero-order valence-corrected chi connectivity index (χ0v) is 14.4. The van der Waals surface area contributed by atoms with Crippen LogP contribution in [0.2, 0.25) is 0 Å². The number of ether oxygens (including phenoxy) is 3. The van der Waals surface area contributed by atoms with E-state index >= 15 is 0 Å². The van der Waals surface area contributed by atoms with Gasteiger partial charge < -0.3 is 19.5 Å². The lowest BCUT2D eigenvalue weighted by atomic mass is 10.0. The van der Waals surface area contributed by atoms with Gasteiger partial charge in [-0.05, 0) is 30.9 Å². The summed E-state index contributed by atoms with van der Waals surface area (Å²) in [6.07, 6.45) is -0.00428. The van der Waals surface area contributed by atoms with E-state index < -0.39 is 0 Å².